The Morgan fingerprint density at radius 1 is 1.38 bits per heavy atom. The number of unbranched alkanes of at least 4 members (excludes halogenated alkanes) is 1. The summed E-state index contributed by atoms with van der Waals surface area (Å²) >= 11 is 0. The maximum absolute atomic E-state index is 12.6. The van der Waals surface area contributed by atoms with E-state index in [0.29, 0.717) is 25.7 Å². The smallest absolute Gasteiger partial charge is 0.264 e. The summed E-state index contributed by atoms with van der Waals surface area (Å²) in [5, 5.41) is 0. The first-order valence-corrected chi connectivity index (χ1v) is 6.26. The van der Waals surface area contributed by atoms with Crippen LogP contribution in [0.25, 0.3) is 0 Å². The summed E-state index contributed by atoms with van der Waals surface area (Å²) in [4.78, 5) is 0. The lowest BCUT2D eigenvalue weighted by atomic mass is 10.1. The van der Waals surface area contributed by atoms with Gasteiger partial charge in [-0.05, 0) is 25.7 Å². The van der Waals surface area contributed by atoms with Crippen molar-refractivity contribution in [2.75, 3.05) is 12.9 Å². The van der Waals surface area contributed by atoms with Crippen LogP contribution in [0.15, 0.2) is 0 Å². The third-order valence-corrected chi connectivity index (χ3v) is 2.25. The van der Waals surface area contributed by atoms with E-state index < -0.39 is 16.3 Å². The van der Waals surface area contributed by atoms with Crippen molar-refractivity contribution in [3.05, 3.63) is 0 Å². The maximum Gasteiger partial charge on any atom is 0.264 e. The van der Waals surface area contributed by atoms with Crippen molar-refractivity contribution in [1.82, 2.24) is 0 Å². The molecule has 80 valence electrons. The third-order valence-electron chi connectivity index (χ3n) is 1.65. The zero-order valence-corrected chi connectivity index (χ0v) is 8.94. The van der Waals surface area contributed by atoms with Gasteiger partial charge in [0.05, 0.1) is 19.0 Å². The van der Waals surface area contributed by atoms with Crippen LogP contribution in [-0.2, 0) is 14.3 Å². The van der Waals surface area contributed by atoms with E-state index in [1.54, 1.807) is 6.92 Å². The van der Waals surface area contributed by atoms with Crippen molar-refractivity contribution >= 4 is 10.1 Å². The highest BCUT2D eigenvalue weighted by molar-refractivity contribution is 7.85. The van der Waals surface area contributed by atoms with Gasteiger partial charge in [-0.25, -0.2) is 4.39 Å². The van der Waals surface area contributed by atoms with Gasteiger partial charge >= 0.3 is 0 Å². The molecule has 0 heterocycles. The Kier molecular flexibility index (Phi) is 6.24. The Morgan fingerprint density at radius 2 is 2.00 bits per heavy atom. The number of alkyl halides is 1. The third kappa shape index (κ3) is 9.76. The lowest BCUT2D eigenvalue weighted by Crippen LogP contribution is -2.05. The van der Waals surface area contributed by atoms with E-state index in [0.717, 1.165) is 6.26 Å². The van der Waals surface area contributed by atoms with Gasteiger partial charge in [0.15, 0.2) is 0 Å². The molecule has 0 saturated heterocycles. The monoisotopic (exact) mass is 212 g/mol. The Morgan fingerprint density at radius 3 is 2.46 bits per heavy atom. The SMILES string of the molecule is CCC(F)CCCCOS(C)(=O)=O. The number of hydrogen-bond donors (Lipinski definition) is 0. The molecule has 0 amide bonds. The first-order valence-electron chi connectivity index (χ1n) is 4.44. The highest BCUT2D eigenvalue weighted by Gasteiger charge is 2.04. The fourth-order valence-electron chi connectivity index (χ4n) is 0.882. The van der Waals surface area contributed by atoms with Crippen LogP contribution in [0.5, 0.6) is 0 Å². The molecule has 0 N–H and O–H groups in total. The molecule has 0 radical (unpaired) electrons. The van der Waals surface area contributed by atoms with Gasteiger partial charge < -0.3 is 0 Å². The molecule has 0 aliphatic heterocycles. The molecule has 0 aliphatic carbocycles. The first-order chi connectivity index (χ1) is 5.95. The molecule has 0 spiro atoms. The van der Waals surface area contributed by atoms with Gasteiger partial charge in [0, 0.05) is 0 Å². The minimum Gasteiger partial charge on any atom is -0.270 e. The minimum atomic E-state index is -3.32. The van der Waals surface area contributed by atoms with Crippen LogP contribution < -0.4 is 0 Å². The van der Waals surface area contributed by atoms with E-state index in [2.05, 4.69) is 4.18 Å². The van der Waals surface area contributed by atoms with Crippen LogP contribution in [0.4, 0.5) is 4.39 Å². The topological polar surface area (TPSA) is 43.4 Å². The van der Waals surface area contributed by atoms with Crippen molar-refractivity contribution in [3.63, 3.8) is 0 Å². The van der Waals surface area contributed by atoms with E-state index in [4.69, 9.17) is 0 Å². The predicted molar refractivity (Wildman–Crippen MR) is 49.8 cm³/mol. The molecular formula is C8H17FO3S. The average Bonchev–Trinajstić information content (AvgIpc) is 2.01. The van der Waals surface area contributed by atoms with Crippen LogP contribution in [-0.4, -0.2) is 27.5 Å². The average molecular weight is 212 g/mol. The lowest BCUT2D eigenvalue weighted by molar-refractivity contribution is 0.273. The van der Waals surface area contributed by atoms with E-state index >= 15 is 0 Å². The molecule has 0 saturated carbocycles. The highest BCUT2D eigenvalue weighted by Crippen LogP contribution is 2.08. The summed E-state index contributed by atoms with van der Waals surface area (Å²) in [6.07, 6.45) is 2.52. The number of rotatable bonds is 7. The second-order valence-corrected chi connectivity index (χ2v) is 4.67. The summed E-state index contributed by atoms with van der Waals surface area (Å²) in [6.45, 7) is 1.95. The predicted octanol–water partition coefficient (Wildman–Crippen LogP) is 1.88. The maximum atomic E-state index is 12.6. The molecule has 0 aromatic carbocycles. The molecule has 0 bridgehead atoms. The van der Waals surface area contributed by atoms with Gasteiger partial charge in [-0.1, -0.05) is 6.92 Å². The van der Waals surface area contributed by atoms with Gasteiger partial charge in [-0.15, -0.1) is 0 Å². The van der Waals surface area contributed by atoms with Crippen LogP contribution >= 0.6 is 0 Å². The molecule has 0 fully saturated rings. The second-order valence-electron chi connectivity index (χ2n) is 3.03. The molecule has 0 aromatic rings. The first kappa shape index (κ1) is 12.8. The van der Waals surface area contributed by atoms with Gasteiger partial charge in [0.1, 0.15) is 0 Å². The highest BCUT2D eigenvalue weighted by atomic mass is 32.2. The largest absolute Gasteiger partial charge is 0.270 e. The van der Waals surface area contributed by atoms with Gasteiger partial charge in [0.2, 0.25) is 0 Å². The number of hydrogen-bond acceptors (Lipinski definition) is 3. The van der Waals surface area contributed by atoms with Crippen molar-refractivity contribution in [2.45, 2.75) is 38.8 Å². The molecule has 1 atom stereocenters. The Balaban J connectivity index is 3.27. The van der Waals surface area contributed by atoms with Gasteiger partial charge in [-0.2, -0.15) is 8.42 Å². The summed E-state index contributed by atoms with van der Waals surface area (Å²) in [5.74, 6) is 0. The zero-order valence-electron chi connectivity index (χ0n) is 8.12. The summed E-state index contributed by atoms with van der Waals surface area (Å²) in [6, 6.07) is 0. The van der Waals surface area contributed by atoms with Crippen LogP contribution in [0.2, 0.25) is 0 Å². The molecule has 0 aliphatic rings. The van der Waals surface area contributed by atoms with Crippen molar-refractivity contribution in [3.8, 4) is 0 Å². The molecule has 3 nitrogen and oxygen atoms in total. The van der Waals surface area contributed by atoms with E-state index in [9.17, 15) is 12.8 Å². The van der Waals surface area contributed by atoms with Gasteiger partial charge in [-0.3, -0.25) is 4.18 Å². The molecule has 5 heteroatoms. The standard InChI is InChI=1S/C8H17FO3S/c1-3-8(9)6-4-5-7-12-13(2,10)11/h8H,3-7H2,1-2H3. The summed E-state index contributed by atoms with van der Waals surface area (Å²) in [7, 11) is -3.32. The lowest BCUT2D eigenvalue weighted by Gasteiger charge is -2.04. The summed E-state index contributed by atoms with van der Waals surface area (Å²) < 4.78 is 38.1. The van der Waals surface area contributed by atoms with Crippen molar-refractivity contribution < 1.29 is 17.0 Å². The Hall–Kier alpha value is -0.160. The fourth-order valence-corrected chi connectivity index (χ4v) is 1.30. The van der Waals surface area contributed by atoms with E-state index in [-0.39, 0.29) is 6.61 Å². The van der Waals surface area contributed by atoms with Crippen molar-refractivity contribution in [2.24, 2.45) is 0 Å². The van der Waals surface area contributed by atoms with Gasteiger partial charge in [0.25, 0.3) is 10.1 Å². The van der Waals surface area contributed by atoms with Crippen LogP contribution in [0.1, 0.15) is 32.6 Å². The molecule has 13 heavy (non-hydrogen) atoms. The quantitative estimate of drug-likeness (QED) is 0.478. The Bertz CT molecular complexity index is 213. The normalized spacial score (nSPS) is 14.4. The Labute approximate surface area is 79.4 Å². The fraction of sp³-hybridized carbons (Fsp3) is 1.00. The molecule has 0 aromatic heterocycles. The van der Waals surface area contributed by atoms with E-state index in [1.807, 2.05) is 0 Å². The zero-order chi connectivity index (χ0) is 10.3. The van der Waals surface area contributed by atoms with Crippen molar-refractivity contribution in [1.29, 1.82) is 0 Å². The molecule has 0 rings (SSSR count). The number of halogens is 1. The summed E-state index contributed by atoms with van der Waals surface area (Å²) in [5.41, 5.74) is 0. The van der Waals surface area contributed by atoms with E-state index in [1.165, 1.54) is 0 Å². The van der Waals surface area contributed by atoms with Crippen LogP contribution in [0, 0.1) is 0 Å². The minimum absolute atomic E-state index is 0.162. The van der Waals surface area contributed by atoms with Crippen LogP contribution in [0.3, 0.4) is 0 Å². The molecular weight excluding hydrogens is 195 g/mol. The molecule has 1 unspecified atom stereocenters. The second kappa shape index (κ2) is 6.32.